The molecule has 1 heterocycles. The lowest BCUT2D eigenvalue weighted by molar-refractivity contribution is 0.413. The summed E-state index contributed by atoms with van der Waals surface area (Å²) in [5.41, 5.74) is 0.959. The molecule has 1 aromatic carbocycles. The minimum atomic E-state index is 0.353. The molecule has 0 spiro atoms. The van der Waals surface area contributed by atoms with E-state index in [4.69, 9.17) is 11.6 Å². The molecule has 3 heteroatoms. The molecule has 0 saturated carbocycles. The van der Waals surface area contributed by atoms with Crippen LogP contribution >= 0.6 is 11.6 Å². The average Bonchev–Trinajstić information content (AvgIpc) is 1.93. The lowest BCUT2D eigenvalue weighted by atomic mass is 9.93. The van der Waals surface area contributed by atoms with Crippen LogP contribution in [0.2, 0.25) is 5.02 Å². The summed E-state index contributed by atoms with van der Waals surface area (Å²) < 4.78 is 0. The molecule has 2 N–H and O–H groups in total. The molecule has 1 aromatic rings. The Kier molecular flexibility index (Phi) is 1.95. The molecule has 64 valence electrons. The van der Waals surface area contributed by atoms with Gasteiger partial charge in [-0.15, -0.1) is 0 Å². The van der Waals surface area contributed by atoms with Crippen LogP contribution in [0.15, 0.2) is 18.2 Å². The molecule has 1 fully saturated rings. The van der Waals surface area contributed by atoms with Gasteiger partial charge in [0, 0.05) is 29.6 Å². The van der Waals surface area contributed by atoms with E-state index in [2.05, 4.69) is 5.32 Å². The highest BCUT2D eigenvalue weighted by atomic mass is 35.5. The third-order valence-electron chi connectivity index (χ3n) is 2.21. The van der Waals surface area contributed by atoms with E-state index in [1.165, 1.54) is 0 Å². The van der Waals surface area contributed by atoms with E-state index in [-0.39, 0.29) is 0 Å². The molecular formula is C9H10ClNO. The first-order chi connectivity index (χ1) is 5.77. The van der Waals surface area contributed by atoms with Crippen molar-refractivity contribution in [3.8, 4) is 5.75 Å². The number of halogens is 1. The standard InChI is InChI=1S/C9H10ClNO/c10-7-1-2-9(12)8(3-7)6-4-11-5-6/h1-3,6,11-12H,4-5H2. The summed E-state index contributed by atoms with van der Waals surface area (Å²) in [5.74, 6) is 0.787. The molecule has 0 aliphatic carbocycles. The van der Waals surface area contributed by atoms with Crippen molar-refractivity contribution in [3.63, 3.8) is 0 Å². The van der Waals surface area contributed by atoms with E-state index in [1.54, 1.807) is 12.1 Å². The summed E-state index contributed by atoms with van der Waals surface area (Å²) in [4.78, 5) is 0. The maximum atomic E-state index is 9.48. The Hall–Kier alpha value is -0.730. The largest absolute Gasteiger partial charge is 0.508 e. The fraction of sp³-hybridized carbons (Fsp3) is 0.333. The second-order valence-electron chi connectivity index (χ2n) is 3.06. The molecule has 0 bridgehead atoms. The van der Waals surface area contributed by atoms with E-state index < -0.39 is 0 Å². The molecule has 0 amide bonds. The van der Waals surface area contributed by atoms with Crippen molar-refractivity contribution in [2.24, 2.45) is 0 Å². The molecule has 0 atom stereocenters. The number of aromatic hydroxyl groups is 1. The SMILES string of the molecule is Oc1ccc(Cl)cc1C1CNC1. The van der Waals surface area contributed by atoms with Crippen molar-refractivity contribution in [3.05, 3.63) is 28.8 Å². The van der Waals surface area contributed by atoms with Crippen LogP contribution in [-0.4, -0.2) is 18.2 Å². The molecule has 0 radical (unpaired) electrons. The van der Waals surface area contributed by atoms with Crippen molar-refractivity contribution >= 4 is 11.6 Å². The number of phenols is 1. The van der Waals surface area contributed by atoms with Gasteiger partial charge in [0.05, 0.1) is 0 Å². The van der Waals surface area contributed by atoms with E-state index in [9.17, 15) is 5.11 Å². The zero-order valence-electron chi connectivity index (χ0n) is 6.55. The van der Waals surface area contributed by atoms with E-state index >= 15 is 0 Å². The van der Waals surface area contributed by atoms with Gasteiger partial charge in [-0.1, -0.05) is 11.6 Å². The summed E-state index contributed by atoms with van der Waals surface area (Å²) in [6, 6.07) is 5.19. The summed E-state index contributed by atoms with van der Waals surface area (Å²) in [7, 11) is 0. The van der Waals surface area contributed by atoms with Crippen LogP contribution in [0.1, 0.15) is 11.5 Å². The minimum absolute atomic E-state index is 0.353. The van der Waals surface area contributed by atoms with Gasteiger partial charge >= 0.3 is 0 Å². The normalized spacial score (nSPS) is 17.4. The minimum Gasteiger partial charge on any atom is -0.508 e. The van der Waals surface area contributed by atoms with Crippen LogP contribution in [0.5, 0.6) is 5.75 Å². The van der Waals surface area contributed by atoms with Gasteiger partial charge in [-0.3, -0.25) is 0 Å². The molecule has 2 rings (SSSR count). The molecule has 1 aliphatic rings. The van der Waals surface area contributed by atoms with Crippen molar-refractivity contribution in [2.75, 3.05) is 13.1 Å². The van der Waals surface area contributed by atoms with Gasteiger partial charge in [0.25, 0.3) is 0 Å². The zero-order chi connectivity index (χ0) is 8.55. The van der Waals surface area contributed by atoms with Crippen molar-refractivity contribution < 1.29 is 5.11 Å². The molecule has 12 heavy (non-hydrogen) atoms. The van der Waals surface area contributed by atoms with Gasteiger partial charge in [0.1, 0.15) is 5.75 Å². The number of hydrogen-bond acceptors (Lipinski definition) is 2. The number of benzene rings is 1. The second kappa shape index (κ2) is 2.96. The topological polar surface area (TPSA) is 32.3 Å². The first kappa shape index (κ1) is 7.90. The summed E-state index contributed by atoms with van der Waals surface area (Å²) in [6.45, 7) is 1.88. The fourth-order valence-electron chi connectivity index (χ4n) is 1.36. The summed E-state index contributed by atoms with van der Waals surface area (Å²) in [6.07, 6.45) is 0. The van der Waals surface area contributed by atoms with Gasteiger partial charge in [0.15, 0.2) is 0 Å². The molecule has 2 nitrogen and oxygen atoms in total. The number of phenolic OH excluding ortho intramolecular Hbond substituents is 1. The molecule has 0 aromatic heterocycles. The fourth-order valence-corrected chi connectivity index (χ4v) is 1.54. The van der Waals surface area contributed by atoms with Gasteiger partial charge in [0.2, 0.25) is 0 Å². The smallest absolute Gasteiger partial charge is 0.119 e. The Balaban J connectivity index is 2.34. The van der Waals surface area contributed by atoms with E-state index in [0.717, 1.165) is 18.7 Å². The van der Waals surface area contributed by atoms with E-state index in [1.807, 2.05) is 6.07 Å². The first-order valence-electron chi connectivity index (χ1n) is 3.96. The zero-order valence-corrected chi connectivity index (χ0v) is 7.30. The monoisotopic (exact) mass is 183 g/mol. The van der Waals surface area contributed by atoms with Crippen LogP contribution < -0.4 is 5.32 Å². The Morgan fingerprint density at radius 3 is 2.75 bits per heavy atom. The Morgan fingerprint density at radius 2 is 2.17 bits per heavy atom. The number of hydrogen-bond donors (Lipinski definition) is 2. The van der Waals surface area contributed by atoms with E-state index in [0.29, 0.717) is 16.7 Å². The van der Waals surface area contributed by atoms with Crippen LogP contribution in [0.3, 0.4) is 0 Å². The van der Waals surface area contributed by atoms with Gasteiger partial charge in [-0.05, 0) is 18.2 Å². The first-order valence-corrected chi connectivity index (χ1v) is 4.34. The molecule has 1 saturated heterocycles. The van der Waals surface area contributed by atoms with Gasteiger partial charge < -0.3 is 10.4 Å². The predicted octanol–water partition coefficient (Wildman–Crippen LogP) is 1.73. The van der Waals surface area contributed by atoms with Crippen molar-refractivity contribution in [1.29, 1.82) is 0 Å². The number of rotatable bonds is 1. The van der Waals surface area contributed by atoms with Crippen LogP contribution in [-0.2, 0) is 0 Å². The van der Waals surface area contributed by atoms with Crippen LogP contribution in [0.4, 0.5) is 0 Å². The van der Waals surface area contributed by atoms with Crippen molar-refractivity contribution in [2.45, 2.75) is 5.92 Å². The molecule has 0 unspecified atom stereocenters. The highest BCUT2D eigenvalue weighted by Crippen LogP contribution is 2.30. The highest BCUT2D eigenvalue weighted by molar-refractivity contribution is 6.30. The quantitative estimate of drug-likeness (QED) is 0.695. The highest BCUT2D eigenvalue weighted by Gasteiger charge is 2.21. The Morgan fingerprint density at radius 1 is 1.42 bits per heavy atom. The maximum absolute atomic E-state index is 9.48. The molecular weight excluding hydrogens is 174 g/mol. The Bertz CT molecular complexity index is 297. The van der Waals surface area contributed by atoms with Crippen molar-refractivity contribution in [1.82, 2.24) is 5.32 Å². The maximum Gasteiger partial charge on any atom is 0.119 e. The molecule has 1 aliphatic heterocycles. The lowest BCUT2D eigenvalue weighted by Gasteiger charge is -2.28. The van der Waals surface area contributed by atoms with Crippen LogP contribution in [0.25, 0.3) is 0 Å². The number of nitrogens with one attached hydrogen (secondary N) is 1. The summed E-state index contributed by atoms with van der Waals surface area (Å²) >= 11 is 5.81. The van der Waals surface area contributed by atoms with Gasteiger partial charge in [-0.25, -0.2) is 0 Å². The average molecular weight is 184 g/mol. The second-order valence-corrected chi connectivity index (χ2v) is 3.49. The Labute approximate surface area is 76.2 Å². The third-order valence-corrected chi connectivity index (χ3v) is 2.45. The summed E-state index contributed by atoms with van der Waals surface area (Å²) in [5, 5.41) is 13.3. The van der Waals surface area contributed by atoms with Gasteiger partial charge in [-0.2, -0.15) is 0 Å². The lowest BCUT2D eigenvalue weighted by Crippen LogP contribution is -2.39. The van der Waals surface area contributed by atoms with Crippen LogP contribution in [0, 0.1) is 0 Å². The third kappa shape index (κ3) is 1.28. The predicted molar refractivity (Wildman–Crippen MR) is 48.7 cm³/mol.